The van der Waals surface area contributed by atoms with Crippen molar-refractivity contribution in [3.8, 4) is 5.75 Å². The molecule has 0 aromatic heterocycles. The molecular weight excluding hydrogens is 522 g/mol. The third kappa shape index (κ3) is 8.10. The van der Waals surface area contributed by atoms with E-state index in [0.717, 1.165) is 5.56 Å². The Balaban J connectivity index is 2.66. The average molecular weight is 562 g/mol. The van der Waals surface area contributed by atoms with Crippen molar-refractivity contribution in [3.63, 3.8) is 0 Å². The smallest absolute Gasteiger partial charge is 0.408 e. The van der Waals surface area contributed by atoms with E-state index in [-0.39, 0.29) is 5.75 Å². The van der Waals surface area contributed by atoms with Crippen LogP contribution in [0.3, 0.4) is 0 Å². The van der Waals surface area contributed by atoms with E-state index in [1.807, 2.05) is 6.92 Å². The molecule has 9 nitrogen and oxygen atoms in total. The van der Waals surface area contributed by atoms with E-state index in [9.17, 15) is 24.6 Å². The van der Waals surface area contributed by atoms with Crippen LogP contribution in [0.5, 0.6) is 5.75 Å². The Labute approximate surface area is 235 Å². The number of anilines is 1. The van der Waals surface area contributed by atoms with Crippen LogP contribution in [0.2, 0.25) is 5.02 Å². The van der Waals surface area contributed by atoms with Crippen molar-refractivity contribution >= 4 is 35.2 Å². The van der Waals surface area contributed by atoms with E-state index in [1.165, 1.54) is 11.0 Å². The van der Waals surface area contributed by atoms with Crippen LogP contribution in [0.1, 0.15) is 70.7 Å². The van der Waals surface area contributed by atoms with E-state index < -0.39 is 47.7 Å². The first-order valence-corrected chi connectivity index (χ1v) is 13.2. The number of aliphatic hydroxyl groups excluding tert-OH is 1. The summed E-state index contributed by atoms with van der Waals surface area (Å²) in [6.45, 7) is 13.3. The van der Waals surface area contributed by atoms with Gasteiger partial charge in [0.05, 0.1) is 17.3 Å². The summed E-state index contributed by atoms with van der Waals surface area (Å²) in [4.78, 5) is 42.0. The second kappa shape index (κ2) is 12.7. The second-order valence-electron chi connectivity index (χ2n) is 11.1. The molecule has 0 aliphatic carbocycles. The van der Waals surface area contributed by atoms with Gasteiger partial charge in [-0.05, 0) is 89.8 Å². The maximum atomic E-state index is 14.1. The first-order valence-electron chi connectivity index (χ1n) is 12.8. The number of nitrogens with zero attached hydrogens (tertiary/aromatic N) is 1. The number of hydrogen-bond donors (Lipinski definition) is 4. The summed E-state index contributed by atoms with van der Waals surface area (Å²) in [5.41, 5.74) is 0.321. The van der Waals surface area contributed by atoms with Gasteiger partial charge in [0.2, 0.25) is 5.91 Å². The fraction of sp³-hybridized carbons (Fsp3) is 0.483. The van der Waals surface area contributed by atoms with E-state index in [4.69, 9.17) is 16.3 Å². The van der Waals surface area contributed by atoms with Crippen LogP contribution in [0.4, 0.5) is 10.5 Å². The van der Waals surface area contributed by atoms with Crippen LogP contribution < -0.4 is 10.6 Å². The molecule has 0 aliphatic heterocycles. The number of aromatic hydroxyl groups is 1. The molecule has 2 aromatic carbocycles. The van der Waals surface area contributed by atoms with Crippen molar-refractivity contribution in [2.45, 2.75) is 85.0 Å². The number of phenolic OH excluding ortho intramolecular Hbond substituents is 1. The number of alkyl carbamates (subject to hydrolysis) is 1. The second-order valence-corrected chi connectivity index (χ2v) is 11.5. The van der Waals surface area contributed by atoms with Gasteiger partial charge in [-0.25, -0.2) is 4.79 Å². The molecule has 3 amide bonds. The molecule has 0 radical (unpaired) electrons. The maximum absolute atomic E-state index is 14.1. The first kappa shape index (κ1) is 31.9. The lowest BCUT2D eigenvalue weighted by molar-refractivity contribution is -0.148. The Hall–Kier alpha value is -3.30. The number of ether oxygens (including phenoxy) is 1. The van der Waals surface area contributed by atoms with Gasteiger partial charge in [-0.1, -0.05) is 36.7 Å². The van der Waals surface area contributed by atoms with Crippen LogP contribution in [0.25, 0.3) is 0 Å². The first-order chi connectivity index (χ1) is 18.0. The molecule has 39 heavy (non-hydrogen) atoms. The monoisotopic (exact) mass is 561 g/mol. The summed E-state index contributed by atoms with van der Waals surface area (Å²) in [5, 5.41) is 25.9. The molecule has 0 heterocycles. The molecule has 0 fully saturated rings. The Morgan fingerprint density at radius 1 is 1.05 bits per heavy atom. The number of rotatable bonds is 9. The Bertz CT molecular complexity index is 1190. The summed E-state index contributed by atoms with van der Waals surface area (Å²) in [6.07, 6.45) is -0.438. The zero-order valence-electron chi connectivity index (χ0n) is 23.9. The van der Waals surface area contributed by atoms with Crippen molar-refractivity contribution in [1.82, 2.24) is 10.2 Å². The molecule has 0 saturated heterocycles. The number of benzene rings is 2. The molecule has 0 bridgehead atoms. The minimum atomic E-state index is -1.39. The third-order valence-electron chi connectivity index (χ3n) is 6.44. The lowest BCUT2D eigenvalue weighted by Gasteiger charge is -2.44. The van der Waals surface area contributed by atoms with Crippen LogP contribution in [0.15, 0.2) is 36.4 Å². The molecule has 10 heteroatoms. The molecule has 0 saturated carbocycles. The highest BCUT2D eigenvalue weighted by Crippen LogP contribution is 2.35. The number of phenols is 1. The maximum Gasteiger partial charge on any atom is 0.408 e. The molecule has 4 N–H and O–H groups in total. The summed E-state index contributed by atoms with van der Waals surface area (Å²) in [7, 11) is 0. The molecule has 2 rings (SSSR count). The molecular formula is C29H40ClN3O6. The van der Waals surface area contributed by atoms with Crippen molar-refractivity contribution < 1.29 is 29.3 Å². The topological polar surface area (TPSA) is 128 Å². The van der Waals surface area contributed by atoms with Gasteiger partial charge in [0.25, 0.3) is 5.91 Å². The van der Waals surface area contributed by atoms with E-state index in [0.29, 0.717) is 28.3 Å². The average Bonchev–Trinajstić information content (AvgIpc) is 2.83. The predicted molar refractivity (Wildman–Crippen MR) is 152 cm³/mol. The standard InChI is InChI=1S/C29H40ClN3O6/c1-9-29(7,8)33(26(37)21(16-34)31-27(38)39-28(4,5)6)24(19-13-14-22(35)18(3)15-19)25(36)32-23-17(2)11-10-12-20(23)30/h10-15,21,24,34-35H,9,16H2,1-8H3,(H,31,38)(H,32,36). The van der Waals surface area contributed by atoms with Crippen molar-refractivity contribution in [3.05, 3.63) is 58.1 Å². The van der Waals surface area contributed by atoms with Crippen LogP contribution in [-0.4, -0.2) is 56.8 Å². The lowest BCUT2D eigenvalue weighted by Crippen LogP contribution is -2.59. The van der Waals surface area contributed by atoms with Gasteiger partial charge in [0.15, 0.2) is 0 Å². The zero-order chi connectivity index (χ0) is 29.7. The largest absolute Gasteiger partial charge is 0.508 e. The normalized spacial score (nSPS) is 13.3. The Morgan fingerprint density at radius 2 is 1.69 bits per heavy atom. The molecule has 2 unspecified atom stereocenters. The van der Waals surface area contributed by atoms with E-state index >= 15 is 0 Å². The summed E-state index contributed by atoms with van der Waals surface area (Å²) < 4.78 is 5.29. The Morgan fingerprint density at radius 3 is 2.21 bits per heavy atom. The van der Waals surface area contributed by atoms with Crippen LogP contribution in [-0.2, 0) is 14.3 Å². The van der Waals surface area contributed by atoms with Crippen molar-refractivity contribution in [2.75, 3.05) is 11.9 Å². The minimum Gasteiger partial charge on any atom is -0.508 e. The number of amides is 3. The number of nitrogens with one attached hydrogen (secondary N) is 2. The van der Waals surface area contributed by atoms with Gasteiger partial charge in [0, 0.05) is 5.54 Å². The Kier molecular flexibility index (Phi) is 10.4. The number of hydrogen-bond acceptors (Lipinski definition) is 6. The summed E-state index contributed by atoms with van der Waals surface area (Å²) in [6, 6.07) is 7.25. The fourth-order valence-electron chi connectivity index (χ4n) is 4.00. The van der Waals surface area contributed by atoms with Crippen LogP contribution in [0, 0.1) is 13.8 Å². The number of aryl methyl sites for hydroxylation is 2. The number of carbonyl (C=O) groups excluding carboxylic acids is 3. The molecule has 0 aliphatic rings. The zero-order valence-corrected chi connectivity index (χ0v) is 24.6. The molecule has 2 atom stereocenters. The van der Waals surface area contributed by atoms with Crippen molar-refractivity contribution in [1.29, 1.82) is 0 Å². The van der Waals surface area contributed by atoms with Gasteiger partial charge in [-0.3, -0.25) is 9.59 Å². The van der Waals surface area contributed by atoms with E-state index in [2.05, 4.69) is 10.6 Å². The van der Waals surface area contributed by atoms with Gasteiger partial charge in [0.1, 0.15) is 23.4 Å². The number of aliphatic hydroxyl groups is 1. The highest BCUT2D eigenvalue weighted by molar-refractivity contribution is 6.34. The van der Waals surface area contributed by atoms with Gasteiger partial charge in [-0.15, -0.1) is 0 Å². The third-order valence-corrected chi connectivity index (χ3v) is 6.75. The SMILES string of the molecule is CCC(C)(C)N(C(=O)C(CO)NC(=O)OC(C)(C)C)C(C(=O)Nc1c(C)cccc1Cl)c1ccc(O)c(C)c1. The number of halogens is 1. The molecule has 214 valence electrons. The number of para-hydroxylation sites is 1. The van der Waals surface area contributed by atoms with Gasteiger partial charge < -0.3 is 30.5 Å². The number of carbonyl (C=O) groups is 3. The summed E-state index contributed by atoms with van der Waals surface area (Å²) >= 11 is 6.39. The molecule has 2 aromatic rings. The van der Waals surface area contributed by atoms with Gasteiger partial charge in [-0.2, -0.15) is 0 Å². The highest BCUT2D eigenvalue weighted by atomic mass is 35.5. The highest BCUT2D eigenvalue weighted by Gasteiger charge is 2.43. The fourth-order valence-corrected chi connectivity index (χ4v) is 4.27. The minimum absolute atomic E-state index is 0.0345. The van der Waals surface area contributed by atoms with Crippen LogP contribution >= 0.6 is 11.6 Å². The lowest BCUT2D eigenvalue weighted by atomic mass is 9.91. The van der Waals surface area contributed by atoms with Gasteiger partial charge >= 0.3 is 6.09 Å². The quantitative estimate of drug-likeness (QED) is 0.331. The molecule has 0 spiro atoms. The van der Waals surface area contributed by atoms with Crippen molar-refractivity contribution in [2.24, 2.45) is 0 Å². The predicted octanol–water partition coefficient (Wildman–Crippen LogP) is 5.25. The summed E-state index contributed by atoms with van der Waals surface area (Å²) in [5.74, 6) is -1.20. The van der Waals surface area contributed by atoms with E-state index in [1.54, 1.807) is 78.8 Å².